The zero-order valence-electron chi connectivity index (χ0n) is 11.9. The predicted molar refractivity (Wildman–Crippen MR) is 79.7 cm³/mol. The van der Waals surface area contributed by atoms with Gasteiger partial charge in [-0.3, -0.25) is 0 Å². The van der Waals surface area contributed by atoms with Crippen LogP contribution in [0, 0.1) is 5.82 Å². The summed E-state index contributed by atoms with van der Waals surface area (Å²) in [7, 11) is -0.960. The molecule has 1 N–H and O–H groups in total. The van der Waals surface area contributed by atoms with E-state index < -0.39 is 21.8 Å². The van der Waals surface area contributed by atoms with Crippen LogP contribution in [0.25, 0.3) is 11.1 Å². The lowest BCUT2D eigenvalue weighted by atomic mass is 10.0. The van der Waals surface area contributed by atoms with Crippen molar-refractivity contribution in [1.82, 2.24) is 4.31 Å². The number of sulfonamides is 1. The first-order valence-electron chi connectivity index (χ1n) is 6.29. The van der Waals surface area contributed by atoms with Gasteiger partial charge in [0.2, 0.25) is 10.0 Å². The minimum Gasteiger partial charge on any atom is -0.478 e. The van der Waals surface area contributed by atoms with Crippen LogP contribution in [0.15, 0.2) is 47.4 Å². The number of halogens is 1. The number of carboxylic acids is 1. The van der Waals surface area contributed by atoms with Gasteiger partial charge in [-0.15, -0.1) is 0 Å². The lowest BCUT2D eigenvalue weighted by Crippen LogP contribution is -2.22. The van der Waals surface area contributed by atoms with Gasteiger partial charge in [-0.1, -0.05) is 18.2 Å². The van der Waals surface area contributed by atoms with E-state index in [4.69, 9.17) is 5.11 Å². The molecule has 0 amide bonds. The summed E-state index contributed by atoms with van der Waals surface area (Å²) in [5.74, 6) is -2.03. The number of nitrogens with zero attached hydrogens (tertiary/aromatic N) is 1. The molecule has 2 aromatic rings. The third-order valence-corrected chi connectivity index (χ3v) is 4.97. The molecule has 7 heteroatoms. The molecule has 5 nitrogen and oxygen atoms in total. The van der Waals surface area contributed by atoms with Crippen molar-refractivity contribution in [3.8, 4) is 11.1 Å². The van der Waals surface area contributed by atoms with Crippen molar-refractivity contribution < 1.29 is 22.7 Å². The van der Waals surface area contributed by atoms with Gasteiger partial charge in [-0.2, -0.15) is 0 Å². The summed E-state index contributed by atoms with van der Waals surface area (Å²) >= 11 is 0. The number of carboxylic acid groups (broad SMARTS) is 1. The normalized spacial score (nSPS) is 11.6. The zero-order chi connectivity index (χ0) is 16.5. The topological polar surface area (TPSA) is 74.7 Å². The quantitative estimate of drug-likeness (QED) is 0.938. The highest BCUT2D eigenvalue weighted by Crippen LogP contribution is 2.30. The SMILES string of the molecule is CN(C)S(=O)(=O)c1ccccc1-c1cc(F)cc(C(=O)O)c1. The molecule has 0 atom stereocenters. The molecule has 0 aromatic heterocycles. The van der Waals surface area contributed by atoms with Crippen LogP contribution in [-0.2, 0) is 10.0 Å². The van der Waals surface area contributed by atoms with Gasteiger partial charge in [-0.05, 0) is 29.8 Å². The fourth-order valence-electron chi connectivity index (χ4n) is 2.00. The Morgan fingerprint density at radius 1 is 1.14 bits per heavy atom. The van der Waals surface area contributed by atoms with Gasteiger partial charge in [-0.25, -0.2) is 21.9 Å². The molecule has 2 rings (SSSR count). The Morgan fingerprint density at radius 2 is 1.77 bits per heavy atom. The number of benzene rings is 2. The van der Waals surface area contributed by atoms with Crippen LogP contribution >= 0.6 is 0 Å². The zero-order valence-corrected chi connectivity index (χ0v) is 12.8. The summed E-state index contributed by atoms with van der Waals surface area (Å²) in [6, 6.07) is 9.31. The van der Waals surface area contributed by atoms with Gasteiger partial charge in [0.25, 0.3) is 0 Å². The molecule has 0 aliphatic carbocycles. The number of hydrogen-bond donors (Lipinski definition) is 1. The average Bonchev–Trinajstić information content (AvgIpc) is 2.46. The lowest BCUT2D eigenvalue weighted by Gasteiger charge is -2.15. The minimum absolute atomic E-state index is 0.0121. The van der Waals surface area contributed by atoms with E-state index in [9.17, 15) is 17.6 Å². The third kappa shape index (κ3) is 3.00. The predicted octanol–water partition coefficient (Wildman–Crippen LogP) is 2.44. The molecule has 2 aromatic carbocycles. The smallest absolute Gasteiger partial charge is 0.335 e. The van der Waals surface area contributed by atoms with Gasteiger partial charge in [0.05, 0.1) is 10.5 Å². The maximum atomic E-state index is 13.6. The Bertz CT molecular complexity index is 831. The van der Waals surface area contributed by atoms with Crippen LogP contribution < -0.4 is 0 Å². The Labute approximate surface area is 127 Å². The summed E-state index contributed by atoms with van der Waals surface area (Å²) in [5, 5.41) is 9.00. The maximum absolute atomic E-state index is 13.6. The van der Waals surface area contributed by atoms with Crippen LogP contribution in [0.2, 0.25) is 0 Å². The lowest BCUT2D eigenvalue weighted by molar-refractivity contribution is 0.0696. The van der Waals surface area contributed by atoms with Crippen LogP contribution in [0.5, 0.6) is 0 Å². The Hall–Kier alpha value is -2.25. The fourth-order valence-corrected chi connectivity index (χ4v) is 3.10. The molecule has 0 heterocycles. The minimum atomic E-state index is -3.74. The molecule has 0 spiro atoms. The Balaban J connectivity index is 2.72. The summed E-state index contributed by atoms with van der Waals surface area (Å²) in [5.41, 5.74) is 0.198. The largest absolute Gasteiger partial charge is 0.478 e. The Morgan fingerprint density at radius 3 is 2.36 bits per heavy atom. The van der Waals surface area contributed by atoms with Crippen molar-refractivity contribution in [2.24, 2.45) is 0 Å². The summed E-state index contributed by atoms with van der Waals surface area (Å²) in [6.45, 7) is 0. The second kappa shape index (κ2) is 5.86. The molecule has 0 bridgehead atoms. The van der Waals surface area contributed by atoms with Gasteiger partial charge in [0.1, 0.15) is 5.82 Å². The van der Waals surface area contributed by atoms with Crippen LogP contribution in [-0.4, -0.2) is 37.9 Å². The van der Waals surface area contributed by atoms with E-state index in [2.05, 4.69) is 0 Å². The van der Waals surface area contributed by atoms with Crippen molar-refractivity contribution in [2.45, 2.75) is 4.90 Å². The fraction of sp³-hybridized carbons (Fsp3) is 0.133. The first-order chi connectivity index (χ1) is 10.2. The summed E-state index contributed by atoms with van der Waals surface area (Å²) in [4.78, 5) is 11.0. The second-order valence-electron chi connectivity index (χ2n) is 4.82. The van der Waals surface area contributed by atoms with E-state index in [1.165, 1.54) is 32.3 Å². The third-order valence-electron chi connectivity index (χ3n) is 3.10. The van der Waals surface area contributed by atoms with Crippen molar-refractivity contribution in [2.75, 3.05) is 14.1 Å². The van der Waals surface area contributed by atoms with Crippen molar-refractivity contribution >= 4 is 16.0 Å². The molecule has 0 saturated carbocycles. The highest BCUT2D eigenvalue weighted by atomic mass is 32.2. The summed E-state index contributed by atoms with van der Waals surface area (Å²) in [6.07, 6.45) is 0. The molecule has 0 radical (unpaired) electrons. The van der Waals surface area contributed by atoms with E-state index in [1.807, 2.05) is 0 Å². The number of aromatic carboxylic acids is 1. The number of hydrogen-bond acceptors (Lipinski definition) is 3. The first kappa shape index (κ1) is 16.1. The van der Waals surface area contributed by atoms with Crippen LogP contribution in [0.1, 0.15) is 10.4 Å². The van der Waals surface area contributed by atoms with E-state index in [0.29, 0.717) is 0 Å². The second-order valence-corrected chi connectivity index (χ2v) is 6.94. The Kier molecular flexibility index (Phi) is 4.30. The standard InChI is InChI=1S/C15H14FNO4S/c1-17(2)22(20,21)14-6-4-3-5-13(14)10-7-11(15(18)19)9-12(16)8-10/h3-9H,1-2H3,(H,18,19). The van der Waals surface area contributed by atoms with Crippen molar-refractivity contribution in [3.05, 3.63) is 53.8 Å². The van der Waals surface area contributed by atoms with Crippen LogP contribution in [0.3, 0.4) is 0 Å². The maximum Gasteiger partial charge on any atom is 0.335 e. The highest BCUT2D eigenvalue weighted by molar-refractivity contribution is 7.89. The van der Waals surface area contributed by atoms with Gasteiger partial charge < -0.3 is 5.11 Å². The molecule has 0 fully saturated rings. The van der Waals surface area contributed by atoms with E-state index in [0.717, 1.165) is 16.4 Å². The molecule has 0 saturated heterocycles. The van der Waals surface area contributed by atoms with E-state index >= 15 is 0 Å². The molecule has 0 aliphatic rings. The molecule has 0 aliphatic heterocycles. The van der Waals surface area contributed by atoms with Crippen LogP contribution in [0.4, 0.5) is 4.39 Å². The van der Waals surface area contributed by atoms with E-state index in [-0.39, 0.29) is 21.6 Å². The van der Waals surface area contributed by atoms with Crippen molar-refractivity contribution in [1.29, 1.82) is 0 Å². The number of carbonyl (C=O) groups is 1. The van der Waals surface area contributed by atoms with Gasteiger partial charge in [0.15, 0.2) is 0 Å². The average molecular weight is 323 g/mol. The first-order valence-corrected chi connectivity index (χ1v) is 7.73. The molecule has 22 heavy (non-hydrogen) atoms. The van der Waals surface area contributed by atoms with Gasteiger partial charge >= 0.3 is 5.97 Å². The van der Waals surface area contributed by atoms with E-state index in [1.54, 1.807) is 12.1 Å². The molecular formula is C15H14FNO4S. The number of rotatable bonds is 4. The summed E-state index contributed by atoms with van der Waals surface area (Å²) < 4.78 is 39.4. The molecular weight excluding hydrogens is 309 g/mol. The molecule has 116 valence electrons. The highest BCUT2D eigenvalue weighted by Gasteiger charge is 2.22. The van der Waals surface area contributed by atoms with Gasteiger partial charge in [0, 0.05) is 19.7 Å². The van der Waals surface area contributed by atoms with Crippen molar-refractivity contribution in [3.63, 3.8) is 0 Å². The monoisotopic (exact) mass is 323 g/mol. The molecule has 0 unspecified atom stereocenters.